The molecule has 2 nitrogen and oxygen atoms in total. The van der Waals surface area contributed by atoms with E-state index in [1.807, 2.05) is 6.07 Å². The average molecular weight is 326 g/mol. The highest BCUT2D eigenvalue weighted by Crippen LogP contribution is 2.60. The molecule has 0 saturated heterocycles. The fourth-order valence-corrected chi connectivity index (χ4v) is 5.90. The van der Waals surface area contributed by atoms with Gasteiger partial charge in [-0.2, -0.15) is 0 Å². The Morgan fingerprint density at radius 3 is 2.25 bits per heavy atom. The molecule has 1 unspecified atom stereocenters. The van der Waals surface area contributed by atoms with Gasteiger partial charge in [-0.15, -0.1) is 0 Å². The standard InChI is InChI=1S/C22H30O2/c1-4-14(2)19-5-6-20(15(3)7-19)24-21(23)22-11-16-8-17(12-22)10-18(9-16)13-22/h5-7,14,16-18H,4,8-13H2,1-3H3. The molecule has 130 valence electrons. The highest BCUT2D eigenvalue weighted by atomic mass is 16.5. The Labute approximate surface area is 146 Å². The van der Waals surface area contributed by atoms with Crippen LogP contribution in [0.15, 0.2) is 18.2 Å². The van der Waals surface area contributed by atoms with Crippen molar-refractivity contribution in [2.75, 3.05) is 0 Å². The molecule has 4 bridgehead atoms. The van der Waals surface area contributed by atoms with Gasteiger partial charge in [0.2, 0.25) is 0 Å². The number of carbonyl (C=O) groups excluding carboxylic acids is 1. The Morgan fingerprint density at radius 2 is 1.75 bits per heavy atom. The maximum atomic E-state index is 13.1. The van der Waals surface area contributed by atoms with E-state index >= 15 is 0 Å². The number of hydrogen-bond acceptors (Lipinski definition) is 2. The second kappa shape index (κ2) is 5.89. The Morgan fingerprint density at radius 1 is 1.17 bits per heavy atom. The predicted molar refractivity (Wildman–Crippen MR) is 96.1 cm³/mol. The number of hydrogen-bond donors (Lipinski definition) is 0. The molecule has 0 heterocycles. The van der Waals surface area contributed by atoms with Gasteiger partial charge in [0.15, 0.2) is 0 Å². The highest BCUT2D eigenvalue weighted by Gasteiger charge is 2.55. The molecule has 24 heavy (non-hydrogen) atoms. The van der Waals surface area contributed by atoms with E-state index in [1.54, 1.807) is 0 Å². The van der Waals surface area contributed by atoms with Crippen molar-refractivity contribution in [1.29, 1.82) is 0 Å². The van der Waals surface area contributed by atoms with E-state index in [-0.39, 0.29) is 11.4 Å². The average Bonchev–Trinajstić information content (AvgIpc) is 2.54. The van der Waals surface area contributed by atoms with Crippen molar-refractivity contribution >= 4 is 5.97 Å². The van der Waals surface area contributed by atoms with Crippen LogP contribution in [0.3, 0.4) is 0 Å². The summed E-state index contributed by atoms with van der Waals surface area (Å²) < 4.78 is 5.96. The number of carbonyl (C=O) groups is 1. The molecule has 4 fully saturated rings. The zero-order chi connectivity index (χ0) is 16.9. The first-order valence-electron chi connectivity index (χ1n) is 9.82. The van der Waals surface area contributed by atoms with E-state index in [2.05, 4.69) is 32.9 Å². The van der Waals surface area contributed by atoms with Gasteiger partial charge in [-0.05, 0) is 92.7 Å². The van der Waals surface area contributed by atoms with E-state index in [9.17, 15) is 4.79 Å². The molecular formula is C22H30O2. The van der Waals surface area contributed by atoms with Crippen LogP contribution in [0.1, 0.15) is 75.8 Å². The van der Waals surface area contributed by atoms with Crippen molar-refractivity contribution in [3.8, 4) is 5.75 Å². The smallest absolute Gasteiger partial charge is 0.317 e. The third-order valence-corrected chi connectivity index (χ3v) is 7.05. The SMILES string of the molecule is CCC(C)c1ccc(OC(=O)C23CC4CC(CC(C4)C2)C3)c(C)c1. The maximum Gasteiger partial charge on any atom is 0.317 e. The van der Waals surface area contributed by atoms with Crippen molar-refractivity contribution in [2.45, 2.75) is 71.6 Å². The third kappa shape index (κ3) is 2.68. The molecule has 2 heteroatoms. The van der Waals surface area contributed by atoms with Crippen molar-refractivity contribution in [2.24, 2.45) is 23.2 Å². The minimum Gasteiger partial charge on any atom is -0.426 e. The molecule has 0 amide bonds. The van der Waals surface area contributed by atoms with Gasteiger partial charge in [-0.25, -0.2) is 0 Å². The van der Waals surface area contributed by atoms with Gasteiger partial charge in [0, 0.05) is 0 Å². The molecule has 4 saturated carbocycles. The summed E-state index contributed by atoms with van der Waals surface area (Å²) in [6, 6.07) is 6.33. The Hall–Kier alpha value is -1.31. The lowest BCUT2D eigenvalue weighted by Gasteiger charge is -2.55. The molecule has 0 radical (unpaired) electrons. The first-order chi connectivity index (χ1) is 11.5. The Kier molecular flexibility index (Phi) is 3.97. The molecule has 1 atom stereocenters. The summed E-state index contributed by atoms with van der Waals surface area (Å²) in [4.78, 5) is 13.1. The van der Waals surface area contributed by atoms with Crippen LogP contribution in [-0.2, 0) is 4.79 Å². The fraction of sp³-hybridized carbons (Fsp3) is 0.682. The van der Waals surface area contributed by atoms with Crippen molar-refractivity contribution in [1.82, 2.24) is 0 Å². The Bertz CT molecular complexity index is 610. The predicted octanol–water partition coefficient (Wildman–Crippen LogP) is 5.63. The van der Waals surface area contributed by atoms with Crippen molar-refractivity contribution in [3.63, 3.8) is 0 Å². The molecule has 1 aromatic carbocycles. The summed E-state index contributed by atoms with van der Waals surface area (Å²) in [5.74, 6) is 3.70. The molecule has 0 aromatic heterocycles. The fourth-order valence-electron chi connectivity index (χ4n) is 5.90. The number of rotatable bonds is 4. The number of benzene rings is 1. The maximum absolute atomic E-state index is 13.1. The molecule has 4 aliphatic carbocycles. The molecule has 0 N–H and O–H groups in total. The molecule has 5 rings (SSSR count). The summed E-state index contributed by atoms with van der Waals surface area (Å²) in [6.45, 7) is 6.52. The van der Waals surface area contributed by atoms with Crippen LogP contribution in [0.25, 0.3) is 0 Å². The summed E-state index contributed by atoms with van der Waals surface area (Å²) in [5, 5.41) is 0. The lowest BCUT2D eigenvalue weighted by molar-refractivity contribution is -0.161. The lowest BCUT2D eigenvalue weighted by atomic mass is 9.49. The van der Waals surface area contributed by atoms with Gasteiger partial charge in [-0.3, -0.25) is 4.79 Å². The van der Waals surface area contributed by atoms with E-state index in [0.717, 1.165) is 54.7 Å². The van der Waals surface area contributed by atoms with Crippen molar-refractivity contribution < 1.29 is 9.53 Å². The van der Waals surface area contributed by atoms with Gasteiger partial charge in [-0.1, -0.05) is 26.0 Å². The third-order valence-electron chi connectivity index (χ3n) is 7.05. The van der Waals surface area contributed by atoms with Gasteiger partial charge in [0.05, 0.1) is 5.41 Å². The highest BCUT2D eigenvalue weighted by molar-refractivity contribution is 5.80. The van der Waals surface area contributed by atoms with Gasteiger partial charge in [0.1, 0.15) is 5.75 Å². The van der Waals surface area contributed by atoms with Crippen LogP contribution in [-0.4, -0.2) is 5.97 Å². The normalized spacial score (nSPS) is 35.0. The van der Waals surface area contributed by atoms with Gasteiger partial charge < -0.3 is 4.74 Å². The molecule has 4 aliphatic rings. The first kappa shape index (κ1) is 16.2. The second-order valence-electron chi connectivity index (χ2n) is 8.92. The van der Waals surface area contributed by atoms with Crippen LogP contribution in [0, 0.1) is 30.1 Å². The summed E-state index contributed by atoms with van der Waals surface area (Å²) in [5.41, 5.74) is 2.26. The minimum atomic E-state index is -0.170. The lowest BCUT2D eigenvalue weighted by Crippen LogP contribution is -2.51. The number of aryl methyl sites for hydroxylation is 1. The van der Waals surface area contributed by atoms with E-state index in [0.29, 0.717) is 5.92 Å². The number of esters is 1. The van der Waals surface area contributed by atoms with E-state index in [4.69, 9.17) is 4.74 Å². The van der Waals surface area contributed by atoms with Crippen LogP contribution >= 0.6 is 0 Å². The van der Waals surface area contributed by atoms with Crippen LogP contribution in [0.5, 0.6) is 5.75 Å². The van der Waals surface area contributed by atoms with Crippen molar-refractivity contribution in [3.05, 3.63) is 29.3 Å². The van der Waals surface area contributed by atoms with Crippen LogP contribution in [0.4, 0.5) is 0 Å². The van der Waals surface area contributed by atoms with Gasteiger partial charge >= 0.3 is 5.97 Å². The second-order valence-corrected chi connectivity index (χ2v) is 8.92. The summed E-state index contributed by atoms with van der Waals surface area (Å²) in [7, 11) is 0. The quantitative estimate of drug-likeness (QED) is 0.529. The molecule has 0 aliphatic heterocycles. The Balaban J connectivity index is 1.52. The van der Waals surface area contributed by atoms with Crippen LogP contribution in [0.2, 0.25) is 0 Å². The topological polar surface area (TPSA) is 26.3 Å². The van der Waals surface area contributed by atoms with Gasteiger partial charge in [0.25, 0.3) is 0 Å². The van der Waals surface area contributed by atoms with E-state index < -0.39 is 0 Å². The summed E-state index contributed by atoms with van der Waals surface area (Å²) >= 11 is 0. The molecular weight excluding hydrogens is 296 g/mol. The zero-order valence-corrected chi connectivity index (χ0v) is 15.3. The zero-order valence-electron chi connectivity index (χ0n) is 15.3. The monoisotopic (exact) mass is 326 g/mol. The number of ether oxygens (including phenoxy) is 1. The largest absolute Gasteiger partial charge is 0.426 e. The van der Waals surface area contributed by atoms with E-state index in [1.165, 1.54) is 24.8 Å². The molecule has 0 spiro atoms. The van der Waals surface area contributed by atoms with Crippen LogP contribution < -0.4 is 4.74 Å². The molecule has 1 aromatic rings. The first-order valence-corrected chi connectivity index (χ1v) is 9.82. The summed E-state index contributed by atoms with van der Waals surface area (Å²) in [6.07, 6.45) is 8.41. The minimum absolute atomic E-state index is 0.0565.